The quantitative estimate of drug-likeness (QED) is 0.219. The fourth-order valence-electron chi connectivity index (χ4n) is 8.64. The lowest BCUT2D eigenvalue weighted by atomic mass is 9.35. The lowest BCUT2D eigenvalue weighted by Gasteiger charge is -2.71. The van der Waals surface area contributed by atoms with E-state index in [9.17, 15) is 19.2 Å². The van der Waals surface area contributed by atoms with Gasteiger partial charge >= 0.3 is 0 Å². The zero-order chi connectivity index (χ0) is 29.9. The van der Waals surface area contributed by atoms with Crippen LogP contribution >= 0.6 is 12.2 Å². The zero-order valence-electron chi connectivity index (χ0n) is 24.6. The maximum absolute atomic E-state index is 13.2. The van der Waals surface area contributed by atoms with E-state index in [1.54, 1.807) is 7.05 Å². The molecule has 4 saturated carbocycles. The van der Waals surface area contributed by atoms with Crippen molar-refractivity contribution in [2.75, 3.05) is 38.5 Å². The lowest BCUT2D eigenvalue weighted by Crippen LogP contribution is -2.68. The van der Waals surface area contributed by atoms with Crippen LogP contribution in [0.5, 0.6) is 0 Å². The Hall–Kier alpha value is -3.21. The topological polar surface area (TPSA) is 140 Å². The molecule has 4 fully saturated rings. The minimum absolute atomic E-state index is 0.0464. The van der Waals surface area contributed by atoms with Crippen LogP contribution in [0.3, 0.4) is 0 Å². The fourth-order valence-corrected chi connectivity index (χ4v) is 8.76. The molecule has 41 heavy (non-hydrogen) atoms. The molecule has 6 N–H and O–H groups in total. The largest absolute Gasteiger partial charge is 0.366 e. The molecule has 1 aromatic rings. The number of anilines is 1. The number of hydrogen-bond acceptors (Lipinski definition) is 5. The SMILES string of the molecule is CNC(=S)Nc1ccc(CC(=O)NCC23CC4(CNC(C)=O)CC(CNC(C)=O)(CC(CNC(C)=O)(C4)C2)C3)cc1. The van der Waals surface area contributed by atoms with E-state index in [-0.39, 0.29) is 51.7 Å². The Morgan fingerprint density at radius 2 is 1.02 bits per heavy atom. The van der Waals surface area contributed by atoms with E-state index in [0.717, 1.165) is 49.8 Å². The average Bonchev–Trinajstić information content (AvgIpc) is 2.89. The second-order valence-electron chi connectivity index (χ2n) is 13.1. The van der Waals surface area contributed by atoms with Gasteiger partial charge < -0.3 is 31.9 Å². The average molecular weight is 585 g/mol. The summed E-state index contributed by atoms with van der Waals surface area (Å²) >= 11 is 5.15. The van der Waals surface area contributed by atoms with E-state index >= 15 is 0 Å². The highest BCUT2D eigenvalue weighted by atomic mass is 32.1. The molecular formula is C30H44N6O4S. The number of carbonyl (C=O) groups is 4. The molecule has 4 bridgehead atoms. The van der Waals surface area contributed by atoms with Crippen molar-refractivity contribution in [2.45, 2.75) is 65.7 Å². The Kier molecular flexibility index (Phi) is 8.96. The first-order valence-electron chi connectivity index (χ1n) is 14.4. The molecule has 0 aliphatic heterocycles. The van der Waals surface area contributed by atoms with E-state index in [4.69, 9.17) is 12.2 Å². The van der Waals surface area contributed by atoms with Gasteiger partial charge in [0.2, 0.25) is 23.6 Å². The second-order valence-corrected chi connectivity index (χ2v) is 13.6. The molecule has 0 radical (unpaired) electrons. The molecule has 4 amide bonds. The Morgan fingerprint density at radius 3 is 1.37 bits per heavy atom. The molecule has 0 saturated heterocycles. The van der Waals surface area contributed by atoms with Gasteiger partial charge in [0.15, 0.2) is 5.11 Å². The van der Waals surface area contributed by atoms with Crippen molar-refractivity contribution in [3.05, 3.63) is 29.8 Å². The van der Waals surface area contributed by atoms with Crippen LogP contribution in [0.15, 0.2) is 24.3 Å². The molecule has 1 aromatic carbocycles. The van der Waals surface area contributed by atoms with Crippen molar-refractivity contribution in [1.82, 2.24) is 26.6 Å². The number of amides is 4. The van der Waals surface area contributed by atoms with Gasteiger partial charge in [0, 0.05) is 59.7 Å². The summed E-state index contributed by atoms with van der Waals surface area (Å²) in [7, 11) is 1.75. The lowest BCUT2D eigenvalue weighted by molar-refractivity contribution is -0.197. The van der Waals surface area contributed by atoms with E-state index in [0.29, 0.717) is 31.3 Å². The van der Waals surface area contributed by atoms with Crippen molar-refractivity contribution in [1.29, 1.82) is 0 Å². The molecule has 4 aliphatic rings. The second kappa shape index (κ2) is 12.0. The molecule has 0 aromatic heterocycles. The first kappa shape index (κ1) is 30.7. The van der Waals surface area contributed by atoms with Crippen molar-refractivity contribution < 1.29 is 19.2 Å². The normalized spacial score (nSPS) is 29.3. The van der Waals surface area contributed by atoms with Gasteiger partial charge in [-0.3, -0.25) is 19.2 Å². The molecule has 4 aliphatic carbocycles. The number of benzene rings is 1. The van der Waals surface area contributed by atoms with Crippen LogP contribution in [0.2, 0.25) is 0 Å². The Bertz CT molecular complexity index is 1110. The van der Waals surface area contributed by atoms with Crippen LogP contribution in [0.4, 0.5) is 5.69 Å². The van der Waals surface area contributed by atoms with Crippen LogP contribution in [0.25, 0.3) is 0 Å². The highest BCUT2D eigenvalue weighted by Crippen LogP contribution is 2.73. The van der Waals surface area contributed by atoms with Gasteiger partial charge in [-0.1, -0.05) is 12.1 Å². The highest BCUT2D eigenvalue weighted by Gasteiger charge is 2.67. The maximum atomic E-state index is 13.2. The Labute approximate surface area is 247 Å². The van der Waals surface area contributed by atoms with Gasteiger partial charge in [-0.15, -0.1) is 0 Å². The number of carbonyl (C=O) groups excluding carboxylic acids is 4. The molecule has 0 spiro atoms. The molecule has 5 rings (SSSR count). The van der Waals surface area contributed by atoms with E-state index in [2.05, 4.69) is 31.9 Å². The molecule has 0 unspecified atom stereocenters. The van der Waals surface area contributed by atoms with Crippen molar-refractivity contribution in [3.63, 3.8) is 0 Å². The van der Waals surface area contributed by atoms with Gasteiger partial charge in [0.1, 0.15) is 0 Å². The number of hydrogen-bond donors (Lipinski definition) is 6. The number of thiocarbonyl (C=S) groups is 1. The maximum Gasteiger partial charge on any atom is 0.224 e. The number of rotatable bonds is 11. The standard InChI is InChI=1S/C30H44N6O4S/c1-20(37)32-16-27-10-28(17-33-21(2)38)12-29(11-27,18-34-22(3)39)15-30(13-27,14-28)19-35-25(40)9-23-5-7-24(8-6-23)36-26(41)31-4/h5-8H,9-19H2,1-4H3,(H,32,37)(H,33,38)(H,34,39)(H,35,40)(H2,31,36,41). The Morgan fingerprint density at radius 1 is 0.659 bits per heavy atom. The van der Waals surface area contributed by atoms with Crippen LogP contribution in [0.1, 0.15) is 64.9 Å². The molecule has 10 nitrogen and oxygen atoms in total. The highest BCUT2D eigenvalue weighted by molar-refractivity contribution is 7.80. The van der Waals surface area contributed by atoms with Gasteiger partial charge in [0.05, 0.1) is 6.42 Å². The van der Waals surface area contributed by atoms with Gasteiger partial charge in [-0.05, 0) is 90.1 Å². The van der Waals surface area contributed by atoms with Crippen LogP contribution in [-0.4, -0.2) is 62.0 Å². The van der Waals surface area contributed by atoms with Crippen LogP contribution in [-0.2, 0) is 25.6 Å². The summed E-state index contributed by atoms with van der Waals surface area (Å²) in [6.45, 7) is 6.79. The van der Waals surface area contributed by atoms with E-state index in [1.807, 2.05) is 24.3 Å². The predicted molar refractivity (Wildman–Crippen MR) is 162 cm³/mol. The van der Waals surface area contributed by atoms with Gasteiger partial charge in [-0.2, -0.15) is 0 Å². The molecule has 224 valence electrons. The number of nitrogens with one attached hydrogen (secondary N) is 6. The van der Waals surface area contributed by atoms with Gasteiger partial charge in [0.25, 0.3) is 0 Å². The van der Waals surface area contributed by atoms with Crippen molar-refractivity contribution >= 4 is 46.6 Å². The molecular weight excluding hydrogens is 540 g/mol. The smallest absolute Gasteiger partial charge is 0.224 e. The van der Waals surface area contributed by atoms with Gasteiger partial charge in [-0.25, -0.2) is 0 Å². The summed E-state index contributed by atoms with van der Waals surface area (Å²) in [6.07, 6.45) is 5.61. The molecule has 0 heterocycles. The summed E-state index contributed by atoms with van der Waals surface area (Å²) in [5.74, 6) is -0.244. The van der Waals surface area contributed by atoms with Crippen LogP contribution < -0.4 is 31.9 Å². The first-order valence-corrected chi connectivity index (χ1v) is 14.8. The molecule has 11 heteroatoms. The fraction of sp³-hybridized carbons (Fsp3) is 0.633. The van der Waals surface area contributed by atoms with E-state index < -0.39 is 0 Å². The Balaban J connectivity index is 1.54. The first-order chi connectivity index (χ1) is 19.3. The monoisotopic (exact) mass is 584 g/mol. The van der Waals surface area contributed by atoms with Crippen molar-refractivity contribution in [2.24, 2.45) is 21.7 Å². The van der Waals surface area contributed by atoms with E-state index in [1.165, 1.54) is 20.8 Å². The minimum Gasteiger partial charge on any atom is -0.366 e. The summed E-state index contributed by atoms with van der Waals surface area (Å²) in [4.78, 5) is 49.1. The zero-order valence-corrected chi connectivity index (χ0v) is 25.4. The summed E-state index contributed by atoms with van der Waals surface area (Å²) in [6, 6.07) is 7.62. The minimum atomic E-state index is -0.198. The predicted octanol–water partition coefficient (Wildman–Crippen LogP) is 2.00. The van der Waals surface area contributed by atoms with Crippen LogP contribution in [0, 0.1) is 21.7 Å². The summed E-state index contributed by atoms with van der Waals surface area (Å²) in [5.41, 5.74) is 1.05. The third-order valence-corrected chi connectivity index (χ3v) is 9.41. The summed E-state index contributed by atoms with van der Waals surface area (Å²) in [5, 5.41) is 19.0. The molecule has 0 atom stereocenters. The van der Waals surface area contributed by atoms with Crippen molar-refractivity contribution in [3.8, 4) is 0 Å². The third-order valence-electron chi connectivity index (χ3n) is 9.10. The third kappa shape index (κ3) is 7.55. The summed E-state index contributed by atoms with van der Waals surface area (Å²) < 4.78 is 0.